The van der Waals surface area contributed by atoms with Crippen LogP contribution in [0.3, 0.4) is 0 Å². The van der Waals surface area contributed by atoms with Crippen LogP contribution < -0.4 is 28.3 Å². The van der Waals surface area contributed by atoms with Crippen molar-refractivity contribution >= 4 is 55.8 Å². The average molecular weight is 1020 g/mol. The van der Waals surface area contributed by atoms with Gasteiger partial charge in [-0.05, 0) is 192 Å². The third kappa shape index (κ3) is 14.6. The molecular weight excluding hydrogens is 951 g/mol. The molecule has 17 heteroatoms. The first-order valence-electron chi connectivity index (χ1n) is 21.9. The standard InChI is InChI=1S/C24H34BrNO5.C23H32BrNO6.Li.H2O/c1-16(27)14-24(5)19-13-20(25)21(30-15-18-8-6-7-11-29-18)12-17(19)9-10-26(24)22(28)31-23(2,3)4;1-22(2,3)31-21(28)25-9-8-15-11-19(30-14-16-7-5-6-10-29-16)18(24)12-17(15)23(25,4)13-20(26)27;;/h12-13,18H,6-11,14-15H2,1-5H3;11-12,16H,5-10,13-14H2,1-4H3,(H,26,27);;1H2/q;;+1;/p-1. The fraction of sp³-hybridized carbons (Fsp3) is 0.660. The molecule has 4 heterocycles. The van der Waals surface area contributed by atoms with Crippen LogP contribution in [0.5, 0.6) is 11.5 Å². The van der Waals surface area contributed by atoms with Crippen LogP contribution in [0.2, 0.25) is 0 Å². The Morgan fingerprint density at radius 1 is 0.703 bits per heavy atom. The van der Waals surface area contributed by atoms with Crippen molar-refractivity contribution in [1.82, 2.24) is 9.80 Å². The van der Waals surface area contributed by atoms with E-state index in [1.54, 1.807) is 39.5 Å². The van der Waals surface area contributed by atoms with Gasteiger partial charge in [0.25, 0.3) is 0 Å². The van der Waals surface area contributed by atoms with Crippen molar-refractivity contribution in [1.29, 1.82) is 0 Å². The third-order valence-corrected chi connectivity index (χ3v) is 12.8. The molecule has 4 atom stereocenters. The summed E-state index contributed by atoms with van der Waals surface area (Å²) in [7, 11) is 0. The number of benzene rings is 2. The molecule has 4 unspecified atom stereocenters. The fourth-order valence-corrected chi connectivity index (χ4v) is 9.62. The Bertz CT molecular complexity index is 1810. The van der Waals surface area contributed by atoms with E-state index in [-0.39, 0.29) is 55.2 Å². The minimum absolute atomic E-state index is 0. The number of carboxylic acids is 1. The quantitative estimate of drug-likeness (QED) is 0.239. The zero-order valence-corrected chi connectivity index (χ0v) is 42.6. The molecule has 0 spiro atoms. The van der Waals surface area contributed by atoms with Crippen LogP contribution in [0.15, 0.2) is 33.2 Å². The largest absolute Gasteiger partial charge is 1.00 e. The Labute approximate surface area is 407 Å². The van der Waals surface area contributed by atoms with E-state index in [2.05, 4.69) is 31.9 Å². The molecule has 0 aromatic heterocycles. The van der Waals surface area contributed by atoms with Crippen molar-refractivity contribution < 1.29 is 77.0 Å². The van der Waals surface area contributed by atoms with Gasteiger partial charge in [0, 0.05) is 32.7 Å². The van der Waals surface area contributed by atoms with Crippen LogP contribution in [-0.2, 0) is 52.5 Å². The number of hydrogen-bond acceptors (Lipinski definition) is 11. The van der Waals surface area contributed by atoms with Crippen LogP contribution in [0.1, 0.15) is 136 Å². The SMILES string of the molecule is CC(=O)CC1(C)c2cc(Br)c(OCC3CCCCO3)cc2CCN1C(=O)OC(C)(C)C.CC(C)(C)OC(=O)N1CCc2cc(OCC3CCCCO3)c(Br)cc2C1(C)CC(=O)O.[Li+].[OH-]. The Morgan fingerprint density at radius 3 is 1.42 bits per heavy atom. The molecule has 0 bridgehead atoms. The van der Waals surface area contributed by atoms with Crippen LogP contribution in [0.4, 0.5) is 9.59 Å². The van der Waals surface area contributed by atoms with Gasteiger partial charge in [-0.1, -0.05) is 0 Å². The van der Waals surface area contributed by atoms with Gasteiger partial charge >= 0.3 is 37.0 Å². The molecule has 2 aromatic rings. The number of carbonyl (C=O) groups excluding carboxylic acids is 3. The van der Waals surface area contributed by atoms with E-state index in [1.165, 1.54) is 11.3 Å². The van der Waals surface area contributed by atoms with Gasteiger partial charge in [-0.25, -0.2) is 9.59 Å². The van der Waals surface area contributed by atoms with E-state index in [0.717, 1.165) is 82.3 Å². The molecule has 0 saturated carbocycles. The number of halogens is 2. The van der Waals surface area contributed by atoms with E-state index in [9.17, 15) is 24.3 Å². The van der Waals surface area contributed by atoms with Gasteiger partial charge in [0.05, 0.1) is 38.7 Å². The van der Waals surface area contributed by atoms with Gasteiger partial charge in [0.2, 0.25) is 0 Å². The van der Waals surface area contributed by atoms with Crippen LogP contribution in [-0.4, -0.2) is 107 Å². The first-order valence-corrected chi connectivity index (χ1v) is 23.4. The molecule has 0 aliphatic carbocycles. The molecule has 2 saturated heterocycles. The molecule has 6 rings (SSSR count). The van der Waals surface area contributed by atoms with Gasteiger partial charge in [0.15, 0.2) is 0 Å². The third-order valence-electron chi connectivity index (χ3n) is 11.6. The Kier molecular flexibility index (Phi) is 20.2. The summed E-state index contributed by atoms with van der Waals surface area (Å²) < 4.78 is 36.4. The normalized spacial score (nSPS) is 23.0. The maximum atomic E-state index is 13.0. The fourth-order valence-electron chi connectivity index (χ4n) is 8.70. The maximum Gasteiger partial charge on any atom is 1.00 e. The summed E-state index contributed by atoms with van der Waals surface area (Å²) in [4.78, 5) is 53.1. The van der Waals surface area contributed by atoms with Crippen molar-refractivity contribution in [2.45, 2.75) is 161 Å². The summed E-state index contributed by atoms with van der Waals surface area (Å²) in [5.41, 5.74) is 0.727. The number of amides is 2. The number of fused-ring (bicyclic) bond motifs is 2. The van der Waals surface area contributed by atoms with Crippen molar-refractivity contribution in [3.63, 3.8) is 0 Å². The van der Waals surface area contributed by atoms with E-state index in [0.29, 0.717) is 44.9 Å². The molecule has 2 aromatic carbocycles. The summed E-state index contributed by atoms with van der Waals surface area (Å²) >= 11 is 7.21. The first-order chi connectivity index (χ1) is 29.0. The second-order valence-corrected chi connectivity index (χ2v) is 20.9. The van der Waals surface area contributed by atoms with Gasteiger partial charge in [-0.3, -0.25) is 19.4 Å². The van der Waals surface area contributed by atoms with E-state index < -0.39 is 40.4 Å². The molecule has 2 fully saturated rings. The average Bonchev–Trinajstić information content (AvgIpc) is 3.16. The monoisotopic (exact) mass is 1020 g/mol. The summed E-state index contributed by atoms with van der Waals surface area (Å²) in [6, 6.07) is 7.86. The molecule has 4 aliphatic heterocycles. The predicted octanol–water partition coefficient (Wildman–Crippen LogP) is 7.09. The van der Waals surface area contributed by atoms with Crippen molar-refractivity contribution in [3.05, 3.63) is 55.5 Å². The van der Waals surface area contributed by atoms with Gasteiger partial charge in [-0.2, -0.15) is 0 Å². The number of carboxylic acid groups (broad SMARTS) is 1. The van der Waals surface area contributed by atoms with E-state index in [4.69, 9.17) is 28.4 Å². The minimum Gasteiger partial charge on any atom is -0.870 e. The zero-order valence-electron chi connectivity index (χ0n) is 39.4. The molecule has 2 N–H and O–H groups in total. The molecule has 14 nitrogen and oxygen atoms in total. The zero-order chi connectivity index (χ0) is 45.6. The van der Waals surface area contributed by atoms with Crippen molar-refractivity contribution in [2.75, 3.05) is 39.5 Å². The number of ether oxygens (including phenoxy) is 6. The summed E-state index contributed by atoms with van der Waals surface area (Å²) in [6.45, 7) is 19.7. The summed E-state index contributed by atoms with van der Waals surface area (Å²) in [5, 5.41) is 9.61. The number of hydrogen-bond donors (Lipinski definition) is 1. The molecule has 2 amide bonds. The van der Waals surface area contributed by atoms with Crippen LogP contribution >= 0.6 is 31.9 Å². The van der Waals surface area contributed by atoms with Gasteiger partial charge < -0.3 is 39.0 Å². The maximum absolute atomic E-state index is 13.0. The topological polar surface area (TPSA) is 180 Å². The molecule has 352 valence electrons. The first kappa shape index (κ1) is 55.5. The number of Topliss-reactive ketones (excluding diaryl/α,β-unsaturated/α-hetero) is 1. The van der Waals surface area contributed by atoms with Gasteiger partial charge in [-0.15, -0.1) is 0 Å². The molecular formula is C47H67Br2LiN2O12. The van der Waals surface area contributed by atoms with E-state index >= 15 is 0 Å². The smallest absolute Gasteiger partial charge is 0.870 e. The number of ketones is 1. The summed E-state index contributed by atoms with van der Waals surface area (Å²) in [6.07, 6.45) is 7.12. The Balaban J connectivity index is 0.000000330. The number of carbonyl (C=O) groups is 4. The van der Waals surface area contributed by atoms with Gasteiger partial charge in [0.1, 0.15) is 41.7 Å². The van der Waals surface area contributed by atoms with E-state index in [1.807, 2.05) is 52.0 Å². The van der Waals surface area contributed by atoms with Crippen molar-refractivity contribution in [2.24, 2.45) is 0 Å². The van der Waals surface area contributed by atoms with Crippen molar-refractivity contribution in [3.8, 4) is 11.5 Å². The number of rotatable bonds is 10. The molecule has 0 radical (unpaired) electrons. The minimum atomic E-state index is -1.03. The number of nitrogens with zero attached hydrogens (tertiary/aromatic N) is 2. The molecule has 4 aliphatic rings. The van der Waals surface area contributed by atoms with Crippen LogP contribution in [0.25, 0.3) is 0 Å². The second-order valence-electron chi connectivity index (χ2n) is 19.2. The predicted molar refractivity (Wildman–Crippen MR) is 244 cm³/mol. The Hall–Kier alpha value is -2.84. The Morgan fingerprint density at radius 2 is 1.09 bits per heavy atom. The van der Waals surface area contributed by atoms with Crippen LogP contribution in [0, 0.1) is 0 Å². The molecule has 64 heavy (non-hydrogen) atoms. The number of aliphatic carboxylic acids is 1. The summed E-state index contributed by atoms with van der Waals surface area (Å²) in [5.74, 6) is 0.518. The second kappa shape index (κ2) is 23.2.